The number of rotatable bonds is 5. The number of sulfonamides is 1. The van der Waals surface area contributed by atoms with E-state index in [-0.39, 0.29) is 5.91 Å². The average Bonchev–Trinajstić information content (AvgIpc) is 3.21. The van der Waals surface area contributed by atoms with Crippen molar-refractivity contribution in [2.24, 2.45) is 0 Å². The van der Waals surface area contributed by atoms with E-state index in [1.165, 1.54) is 19.4 Å². The minimum absolute atomic E-state index is 0.197. The van der Waals surface area contributed by atoms with Crippen LogP contribution in [0.3, 0.4) is 0 Å². The van der Waals surface area contributed by atoms with E-state index in [4.69, 9.17) is 0 Å². The third-order valence-corrected chi connectivity index (χ3v) is 8.85. The van der Waals surface area contributed by atoms with Gasteiger partial charge in [-0.05, 0) is 44.9 Å². The van der Waals surface area contributed by atoms with Gasteiger partial charge in [-0.3, -0.25) is 14.6 Å². The quantitative estimate of drug-likeness (QED) is 0.701. The molecule has 0 N–H and O–H groups in total. The topological polar surface area (TPSA) is 64.2 Å². The first kappa shape index (κ1) is 21.7. The number of carbonyl (C=O) groups excluding carboxylic acids is 1. The molecule has 3 aliphatic rings. The largest absolute Gasteiger partial charge is 0.336 e. The lowest BCUT2D eigenvalue weighted by molar-refractivity contribution is -0.138. The van der Waals surface area contributed by atoms with E-state index >= 15 is 0 Å². The zero-order valence-electron chi connectivity index (χ0n) is 18.2. The summed E-state index contributed by atoms with van der Waals surface area (Å²) < 4.78 is 27.3. The summed E-state index contributed by atoms with van der Waals surface area (Å²) in [6.07, 6.45) is 3.41. The molecule has 1 aromatic carbocycles. The highest BCUT2D eigenvalue weighted by atomic mass is 32.2. The van der Waals surface area contributed by atoms with Crippen molar-refractivity contribution in [2.75, 3.05) is 52.4 Å². The van der Waals surface area contributed by atoms with Gasteiger partial charge in [0.05, 0.1) is 11.4 Å². The van der Waals surface area contributed by atoms with Crippen LogP contribution >= 0.6 is 0 Å². The van der Waals surface area contributed by atoms with Gasteiger partial charge >= 0.3 is 0 Å². The minimum Gasteiger partial charge on any atom is -0.336 e. The van der Waals surface area contributed by atoms with Gasteiger partial charge in [-0.1, -0.05) is 24.6 Å². The zero-order chi connectivity index (χ0) is 21.3. The molecule has 4 rings (SSSR count). The van der Waals surface area contributed by atoms with E-state index in [1.54, 1.807) is 16.4 Å². The smallest absolute Gasteiger partial charge is 0.243 e. The molecule has 0 radical (unpaired) electrons. The minimum atomic E-state index is -3.47. The highest BCUT2D eigenvalue weighted by molar-refractivity contribution is 7.89. The number of amides is 1. The summed E-state index contributed by atoms with van der Waals surface area (Å²) in [4.78, 5) is 20.2. The summed E-state index contributed by atoms with van der Waals surface area (Å²) in [5, 5.41) is 0. The predicted octanol–water partition coefficient (Wildman–Crippen LogP) is 1.39. The van der Waals surface area contributed by atoms with Crippen LogP contribution in [0.25, 0.3) is 0 Å². The first-order valence-electron chi connectivity index (χ1n) is 11.2. The summed E-state index contributed by atoms with van der Waals surface area (Å²) in [6, 6.07) is 7.83. The molecule has 30 heavy (non-hydrogen) atoms. The molecule has 8 heteroatoms. The molecule has 0 bridgehead atoms. The number of aryl methyl sites for hydroxylation is 1. The fraction of sp³-hybridized carbons (Fsp3) is 0.682. The van der Waals surface area contributed by atoms with Crippen molar-refractivity contribution in [2.45, 2.75) is 50.1 Å². The van der Waals surface area contributed by atoms with Crippen molar-refractivity contribution in [3.05, 3.63) is 29.8 Å². The Balaban J connectivity index is 1.33. The Kier molecular flexibility index (Phi) is 6.48. The molecule has 2 atom stereocenters. The molecule has 0 aliphatic carbocycles. The molecule has 1 amide bonds. The lowest BCUT2D eigenvalue weighted by atomic mass is 10.0. The summed E-state index contributed by atoms with van der Waals surface area (Å²) >= 11 is 0. The molecule has 1 aromatic rings. The van der Waals surface area contributed by atoms with E-state index in [9.17, 15) is 13.2 Å². The van der Waals surface area contributed by atoms with E-state index in [2.05, 4.69) is 21.6 Å². The third-order valence-electron chi connectivity index (χ3n) is 6.93. The highest BCUT2D eigenvalue weighted by Gasteiger charge is 2.38. The molecule has 0 unspecified atom stereocenters. The van der Waals surface area contributed by atoms with E-state index in [0.717, 1.165) is 25.1 Å². The van der Waals surface area contributed by atoms with Gasteiger partial charge in [-0.15, -0.1) is 0 Å². The Bertz CT molecular complexity index is 850. The van der Waals surface area contributed by atoms with Gasteiger partial charge in [0.15, 0.2) is 0 Å². The van der Waals surface area contributed by atoms with Crippen molar-refractivity contribution in [1.29, 1.82) is 0 Å². The van der Waals surface area contributed by atoms with Crippen molar-refractivity contribution in [3.8, 4) is 0 Å². The van der Waals surface area contributed by atoms with Crippen LogP contribution in [0.2, 0.25) is 0 Å². The Morgan fingerprint density at radius 3 is 2.40 bits per heavy atom. The highest BCUT2D eigenvalue weighted by Crippen LogP contribution is 2.26. The summed E-state index contributed by atoms with van der Waals surface area (Å²) in [6.45, 7) is 9.55. The zero-order valence-corrected chi connectivity index (χ0v) is 19.0. The molecule has 0 spiro atoms. The monoisotopic (exact) mass is 434 g/mol. The van der Waals surface area contributed by atoms with Gasteiger partial charge in [0.2, 0.25) is 15.9 Å². The summed E-state index contributed by atoms with van der Waals surface area (Å²) in [7, 11) is -3.47. The maximum atomic E-state index is 13.1. The molecule has 3 fully saturated rings. The standard InChI is InChI=1S/C22H34N4O3S/c1-3-19-15-24-10-4-5-20(24)16-26(19)22(27)17-23-11-13-25(14-12-23)30(28,29)21-8-6-18(2)7-9-21/h6-9,19-20H,3-5,10-17H2,1-2H3/t19-,20+/m1/s1. The number of nitrogens with zero attached hydrogens (tertiary/aromatic N) is 4. The van der Waals surface area contributed by atoms with Crippen LogP contribution < -0.4 is 0 Å². The van der Waals surface area contributed by atoms with Crippen LogP contribution in [-0.4, -0.2) is 97.8 Å². The van der Waals surface area contributed by atoms with Crippen LogP contribution in [0.4, 0.5) is 0 Å². The van der Waals surface area contributed by atoms with Gasteiger partial charge in [-0.2, -0.15) is 4.31 Å². The van der Waals surface area contributed by atoms with Gasteiger partial charge in [0, 0.05) is 51.4 Å². The molecule has 166 valence electrons. The Morgan fingerprint density at radius 2 is 1.73 bits per heavy atom. The van der Waals surface area contributed by atoms with Gasteiger partial charge < -0.3 is 4.90 Å². The summed E-state index contributed by atoms with van der Waals surface area (Å²) in [5.74, 6) is 0.197. The number of hydrogen-bond donors (Lipinski definition) is 0. The molecular formula is C22H34N4O3S. The van der Waals surface area contributed by atoms with Crippen LogP contribution in [0.15, 0.2) is 29.2 Å². The number of fused-ring (bicyclic) bond motifs is 1. The predicted molar refractivity (Wildman–Crippen MR) is 117 cm³/mol. The van der Waals surface area contributed by atoms with Crippen LogP contribution in [0.1, 0.15) is 31.7 Å². The van der Waals surface area contributed by atoms with Crippen LogP contribution in [0, 0.1) is 6.92 Å². The fourth-order valence-corrected chi connectivity index (χ4v) is 6.43. The molecule has 3 heterocycles. The molecule has 7 nitrogen and oxygen atoms in total. The number of piperazine rings is 2. The number of benzene rings is 1. The van der Waals surface area contributed by atoms with Crippen LogP contribution in [0.5, 0.6) is 0 Å². The SMILES string of the molecule is CC[C@@H]1CN2CCC[C@H]2CN1C(=O)CN1CCN(S(=O)(=O)c2ccc(C)cc2)CC1. The number of carbonyl (C=O) groups is 1. The lowest BCUT2D eigenvalue weighted by Gasteiger charge is -2.44. The van der Waals surface area contributed by atoms with E-state index in [0.29, 0.717) is 49.7 Å². The van der Waals surface area contributed by atoms with Gasteiger partial charge in [-0.25, -0.2) is 8.42 Å². The first-order chi connectivity index (χ1) is 14.4. The van der Waals surface area contributed by atoms with Crippen molar-refractivity contribution in [1.82, 2.24) is 19.0 Å². The second kappa shape index (κ2) is 8.94. The second-order valence-electron chi connectivity index (χ2n) is 8.89. The Labute approximate surface area is 180 Å². The first-order valence-corrected chi connectivity index (χ1v) is 12.6. The van der Waals surface area contributed by atoms with Crippen molar-refractivity contribution < 1.29 is 13.2 Å². The van der Waals surface area contributed by atoms with Gasteiger partial charge in [0.25, 0.3) is 0 Å². The van der Waals surface area contributed by atoms with E-state index < -0.39 is 10.0 Å². The van der Waals surface area contributed by atoms with Gasteiger partial charge in [0.1, 0.15) is 0 Å². The molecule has 0 aromatic heterocycles. The van der Waals surface area contributed by atoms with Crippen molar-refractivity contribution >= 4 is 15.9 Å². The molecular weight excluding hydrogens is 400 g/mol. The summed E-state index contributed by atoms with van der Waals surface area (Å²) in [5.41, 5.74) is 1.04. The van der Waals surface area contributed by atoms with E-state index in [1.807, 2.05) is 19.1 Å². The second-order valence-corrected chi connectivity index (χ2v) is 10.8. The molecule has 3 aliphatic heterocycles. The maximum absolute atomic E-state index is 13.1. The van der Waals surface area contributed by atoms with Crippen LogP contribution in [-0.2, 0) is 14.8 Å². The number of hydrogen-bond acceptors (Lipinski definition) is 5. The molecule has 0 saturated carbocycles. The average molecular weight is 435 g/mol. The molecule has 3 saturated heterocycles. The Morgan fingerprint density at radius 1 is 1.03 bits per heavy atom. The maximum Gasteiger partial charge on any atom is 0.243 e. The Hall–Kier alpha value is -1.48. The third kappa shape index (κ3) is 4.42. The lowest BCUT2D eigenvalue weighted by Crippen LogP contribution is -2.60. The fourth-order valence-electron chi connectivity index (χ4n) is 5.01. The van der Waals surface area contributed by atoms with Crippen molar-refractivity contribution in [3.63, 3.8) is 0 Å². The normalized spacial score (nSPS) is 26.7.